The Balaban J connectivity index is 1.94. The summed E-state index contributed by atoms with van der Waals surface area (Å²) in [6, 6.07) is 5.62. The van der Waals surface area contributed by atoms with Crippen LogP contribution < -0.4 is 0 Å². The summed E-state index contributed by atoms with van der Waals surface area (Å²) < 4.78 is 5.18. The summed E-state index contributed by atoms with van der Waals surface area (Å²) >= 11 is 1.56. The van der Waals surface area contributed by atoms with E-state index in [4.69, 9.17) is 4.42 Å². The Kier molecular flexibility index (Phi) is 2.62. The molecule has 2 aromatic heterocycles. The van der Waals surface area contributed by atoms with Crippen molar-refractivity contribution < 1.29 is 4.42 Å². The normalized spacial score (nSPS) is 10.2. The Labute approximate surface area is 80.2 Å². The van der Waals surface area contributed by atoms with Gasteiger partial charge in [-0.3, -0.25) is 0 Å². The van der Waals surface area contributed by atoms with Crippen LogP contribution in [0.3, 0.4) is 0 Å². The van der Waals surface area contributed by atoms with Gasteiger partial charge >= 0.3 is 0 Å². The largest absolute Gasteiger partial charge is 0.468 e. The van der Waals surface area contributed by atoms with Gasteiger partial charge in [0.05, 0.1) is 12.0 Å². The third-order valence-corrected chi connectivity index (χ3v) is 2.36. The Morgan fingerprint density at radius 3 is 2.77 bits per heavy atom. The molecule has 0 aliphatic carbocycles. The van der Waals surface area contributed by atoms with Crippen LogP contribution in [0, 0.1) is 0 Å². The fraction of sp³-hybridized carbons (Fsp3) is 0.111. The molecule has 66 valence electrons. The van der Waals surface area contributed by atoms with E-state index in [-0.39, 0.29) is 0 Å². The van der Waals surface area contributed by atoms with E-state index in [2.05, 4.69) is 9.97 Å². The van der Waals surface area contributed by atoms with Gasteiger partial charge in [-0.2, -0.15) is 0 Å². The maximum absolute atomic E-state index is 5.18. The lowest BCUT2D eigenvalue weighted by Gasteiger charge is -1.95. The van der Waals surface area contributed by atoms with Gasteiger partial charge in [-0.25, -0.2) is 9.97 Å². The number of nitrogens with zero attached hydrogens (tertiary/aromatic N) is 2. The molecule has 0 bridgehead atoms. The van der Waals surface area contributed by atoms with E-state index in [9.17, 15) is 0 Å². The fourth-order valence-corrected chi connectivity index (χ4v) is 1.60. The Morgan fingerprint density at radius 2 is 2.08 bits per heavy atom. The van der Waals surface area contributed by atoms with Crippen LogP contribution in [0.15, 0.2) is 46.4 Å². The first-order chi connectivity index (χ1) is 6.45. The molecule has 3 nitrogen and oxygen atoms in total. The highest BCUT2D eigenvalue weighted by Crippen LogP contribution is 2.17. The summed E-state index contributed by atoms with van der Waals surface area (Å²) in [6.45, 7) is 0. The van der Waals surface area contributed by atoms with Crippen molar-refractivity contribution in [1.29, 1.82) is 0 Å². The average Bonchev–Trinajstić information content (AvgIpc) is 2.69. The van der Waals surface area contributed by atoms with Gasteiger partial charge in [0.15, 0.2) is 5.16 Å². The first kappa shape index (κ1) is 8.31. The second kappa shape index (κ2) is 4.09. The van der Waals surface area contributed by atoms with Gasteiger partial charge < -0.3 is 4.42 Å². The van der Waals surface area contributed by atoms with E-state index in [0.29, 0.717) is 0 Å². The van der Waals surface area contributed by atoms with E-state index in [1.807, 2.05) is 12.1 Å². The Morgan fingerprint density at radius 1 is 1.23 bits per heavy atom. The number of hydrogen-bond donors (Lipinski definition) is 0. The highest BCUT2D eigenvalue weighted by molar-refractivity contribution is 7.98. The molecule has 0 atom stereocenters. The summed E-state index contributed by atoms with van der Waals surface area (Å²) in [6.07, 6.45) is 5.14. The Hall–Kier alpha value is -1.29. The van der Waals surface area contributed by atoms with Crippen molar-refractivity contribution in [3.05, 3.63) is 42.6 Å². The van der Waals surface area contributed by atoms with Crippen LogP contribution in [0.2, 0.25) is 0 Å². The van der Waals surface area contributed by atoms with Crippen LogP contribution in [0.5, 0.6) is 0 Å². The quantitative estimate of drug-likeness (QED) is 0.552. The first-order valence-electron chi connectivity index (χ1n) is 3.87. The molecule has 4 heteroatoms. The van der Waals surface area contributed by atoms with Crippen LogP contribution in [-0.2, 0) is 5.75 Å². The van der Waals surface area contributed by atoms with Gasteiger partial charge in [-0.1, -0.05) is 11.8 Å². The minimum atomic E-state index is 0.775. The SMILES string of the molecule is c1cnc(SCc2ccco2)nc1. The van der Waals surface area contributed by atoms with E-state index in [1.54, 1.807) is 36.5 Å². The number of hydrogen-bond acceptors (Lipinski definition) is 4. The summed E-state index contributed by atoms with van der Waals surface area (Å²) in [4.78, 5) is 8.18. The van der Waals surface area contributed by atoms with Crippen LogP contribution in [0.4, 0.5) is 0 Å². The summed E-state index contributed by atoms with van der Waals surface area (Å²) in [5, 5.41) is 0.777. The standard InChI is InChI=1S/C9H8N2OS/c1-3-8(12-6-1)7-13-9-10-4-2-5-11-9/h1-6H,7H2. The van der Waals surface area contributed by atoms with Gasteiger partial charge in [0, 0.05) is 12.4 Å². The molecule has 0 radical (unpaired) electrons. The van der Waals surface area contributed by atoms with Crippen molar-refractivity contribution in [2.45, 2.75) is 10.9 Å². The van der Waals surface area contributed by atoms with Crippen LogP contribution in [0.25, 0.3) is 0 Å². The molecule has 0 saturated carbocycles. The maximum atomic E-state index is 5.18. The topological polar surface area (TPSA) is 38.9 Å². The van der Waals surface area contributed by atoms with Crippen molar-refractivity contribution in [2.24, 2.45) is 0 Å². The maximum Gasteiger partial charge on any atom is 0.187 e. The van der Waals surface area contributed by atoms with Crippen molar-refractivity contribution in [3.63, 3.8) is 0 Å². The minimum absolute atomic E-state index is 0.775. The number of rotatable bonds is 3. The predicted molar refractivity (Wildman–Crippen MR) is 50.3 cm³/mol. The lowest BCUT2D eigenvalue weighted by atomic mass is 10.5. The highest BCUT2D eigenvalue weighted by Gasteiger charge is 1.98. The van der Waals surface area contributed by atoms with Crippen molar-refractivity contribution in [1.82, 2.24) is 9.97 Å². The zero-order chi connectivity index (χ0) is 8.93. The summed E-state index contributed by atoms with van der Waals surface area (Å²) in [5.74, 6) is 1.72. The lowest BCUT2D eigenvalue weighted by molar-refractivity contribution is 0.530. The molecule has 0 saturated heterocycles. The van der Waals surface area contributed by atoms with Crippen LogP contribution in [-0.4, -0.2) is 9.97 Å². The third-order valence-electron chi connectivity index (χ3n) is 1.47. The second-order valence-electron chi connectivity index (χ2n) is 2.40. The molecule has 0 fully saturated rings. The zero-order valence-corrected chi connectivity index (χ0v) is 7.70. The van der Waals surface area contributed by atoms with Gasteiger partial charge in [0.1, 0.15) is 5.76 Å². The molecule has 2 aromatic rings. The second-order valence-corrected chi connectivity index (χ2v) is 3.34. The van der Waals surface area contributed by atoms with Gasteiger partial charge in [-0.15, -0.1) is 0 Å². The molecule has 0 aromatic carbocycles. The van der Waals surface area contributed by atoms with E-state index in [1.165, 1.54) is 0 Å². The Bertz CT molecular complexity index is 347. The predicted octanol–water partition coefficient (Wildman–Crippen LogP) is 2.36. The molecule has 2 heterocycles. The number of thioether (sulfide) groups is 1. The highest BCUT2D eigenvalue weighted by atomic mass is 32.2. The monoisotopic (exact) mass is 192 g/mol. The first-order valence-corrected chi connectivity index (χ1v) is 4.86. The van der Waals surface area contributed by atoms with Crippen molar-refractivity contribution in [3.8, 4) is 0 Å². The van der Waals surface area contributed by atoms with E-state index in [0.717, 1.165) is 16.7 Å². The molecule has 0 aliphatic rings. The van der Waals surface area contributed by atoms with Crippen LogP contribution in [0.1, 0.15) is 5.76 Å². The zero-order valence-electron chi connectivity index (χ0n) is 6.88. The van der Waals surface area contributed by atoms with Gasteiger partial charge in [0.2, 0.25) is 0 Å². The number of aromatic nitrogens is 2. The van der Waals surface area contributed by atoms with E-state index >= 15 is 0 Å². The molecule has 0 spiro atoms. The molecular weight excluding hydrogens is 184 g/mol. The average molecular weight is 192 g/mol. The van der Waals surface area contributed by atoms with Crippen molar-refractivity contribution >= 4 is 11.8 Å². The van der Waals surface area contributed by atoms with E-state index < -0.39 is 0 Å². The van der Waals surface area contributed by atoms with Crippen molar-refractivity contribution in [2.75, 3.05) is 0 Å². The van der Waals surface area contributed by atoms with Gasteiger partial charge in [0.25, 0.3) is 0 Å². The van der Waals surface area contributed by atoms with Crippen LogP contribution >= 0.6 is 11.8 Å². The molecule has 13 heavy (non-hydrogen) atoms. The van der Waals surface area contributed by atoms with Gasteiger partial charge in [-0.05, 0) is 18.2 Å². The fourth-order valence-electron chi connectivity index (χ4n) is 0.890. The molecule has 0 amide bonds. The lowest BCUT2D eigenvalue weighted by Crippen LogP contribution is -1.83. The molecule has 0 N–H and O–H groups in total. The molecule has 0 aliphatic heterocycles. The molecule has 2 rings (SSSR count). The smallest absolute Gasteiger partial charge is 0.187 e. The molecule has 0 unspecified atom stereocenters. The third kappa shape index (κ3) is 2.32. The summed E-state index contributed by atoms with van der Waals surface area (Å²) in [5.41, 5.74) is 0. The number of furan rings is 1. The molecular formula is C9H8N2OS. The summed E-state index contributed by atoms with van der Waals surface area (Å²) in [7, 11) is 0. The minimum Gasteiger partial charge on any atom is -0.468 e.